The maximum Gasteiger partial charge on any atom is 0.448 e. The Hall–Kier alpha value is -0.450. The standard InChI is InChI=1S/C6H11F3N2.ClH/c1-3-11(4-2)5(10)6(7,8)9;/h10H,3-4H2,1-2H3;1H. The summed E-state index contributed by atoms with van der Waals surface area (Å²) >= 11 is 0. The highest BCUT2D eigenvalue weighted by Crippen LogP contribution is 2.18. The second-order valence-electron chi connectivity index (χ2n) is 2.02. The van der Waals surface area contributed by atoms with Crippen LogP contribution in [0.4, 0.5) is 13.2 Å². The van der Waals surface area contributed by atoms with E-state index >= 15 is 0 Å². The van der Waals surface area contributed by atoms with Crippen LogP contribution in [-0.4, -0.2) is 30.0 Å². The van der Waals surface area contributed by atoms with Gasteiger partial charge in [0.25, 0.3) is 0 Å². The first-order chi connectivity index (χ1) is 4.93. The molecule has 0 aliphatic rings. The summed E-state index contributed by atoms with van der Waals surface area (Å²) in [6, 6.07) is 0. The molecule has 0 atom stereocenters. The average Bonchev–Trinajstić information content (AvgIpc) is 1.88. The first-order valence-electron chi connectivity index (χ1n) is 3.34. The first kappa shape index (κ1) is 14.1. The Labute approximate surface area is 75.7 Å². The normalized spacial score (nSPS) is 10.4. The highest BCUT2D eigenvalue weighted by molar-refractivity contribution is 5.85. The molecule has 0 fully saturated rings. The number of hydrogen-bond acceptors (Lipinski definition) is 1. The van der Waals surface area contributed by atoms with Gasteiger partial charge in [-0.3, -0.25) is 5.41 Å². The molecule has 0 saturated heterocycles. The number of alkyl halides is 3. The predicted octanol–water partition coefficient (Wildman–Crippen LogP) is 2.29. The van der Waals surface area contributed by atoms with E-state index in [-0.39, 0.29) is 25.5 Å². The van der Waals surface area contributed by atoms with Gasteiger partial charge < -0.3 is 4.90 Å². The van der Waals surface area contributed by atoms with Crippen molar-refractivity contribution in [3.05, 3.63) is 0 Å². The molecule has 0 aliphatic carbocycles. The van der Waals surface area contributed by atoms with Gasteiger partial charge >= 0.3 is 6.18 Å². The maximum absolute atomic E-state index is 11.8. The summed E-state index contributed by atoms with van der Waals surface area (Å²) in [6.07, 6.45) is -4.51. The highest BCUT2D eigenvalue weighted by Gasteiger charge is 2.37. The molecule has 0 radical (unpaired) electrons. The van der Waals surface area contributed by atoms with E-state index in [0.29, 0.717) is 0 Å². The second kappa shape index (κ2) is 5.24. The summed E-state index contributed by atoms with van der Waals surface area (Å²) in [6.45, 7) is 3.61. The number of halogens is 4. The molecule has 1 N–H and O–H groups in total. The molecule has 0 aromatic heterocycles. The molecule has 0 spiro atoms. The molecule has 0 saturated carbocycles. The summed E-state index contributed by atoms with van der Waals surface area (Å²) in [5, 5.41) is 6.70. The SMILES string of the molecule is CCN(CC)C(=N)C(F)(F)F.Cl. The van der Waals surface area contributed by atoms with Gasteiger partial charge in [0.1, 0.15) is 0 Å². The molecular formula is C6H12ClF3N2. The third-order valence-electron chi connectivity index (χ3n) is 1.35. The summed E-state index contributed by atoms with van der Waals surface area (Å²) < 4.78 is 35.4. The molecule has 0 heterocycles. The Kier molecular flexibility index (Phi) is 6.16. The zero-order valence-electron chi connectivity index (χ0n) is 6.90. The second-order valence-corrected chi connectivity index (χ2v) is 2.02. The topological polar surface area (TPSA) is 27.1 Å². The molecular weight excluding hydrogens is 193 g/mol. The fraction of sp³-hybridized carbons (Fsp3) is 0.833. The maximum atomic E-state index is 11.8. The lowest BCUT2D eigenvalue weighted by Crippen LogP contribution is -2.40. The Balaban J connectivity index is 0. The Morgan fingerprint density at radius 1 is 1.25 bits per heavy atom. The zero-order valence-corrected chi connectivity index (χ0v) is 7.72. The van der Waals surface area contributed by atoms with Crippen molar-refractivity contribution in [3.8, 4) is 0 Å². The van der Waals surface area contributed by atoms with Crippen molar-refractivity contribution in [2.75, 3.05) is 13.1 Å². The molecule has 0 bridgehead atoms. The van der Waals surface area contributed by atoms with Gasteiger partial charge in [-0.15, -0.1) is 12.4 Å². The highest BCUT2D eigenvalue weighted by atomic mass is 35.5. The summed E-state index contributed by atoms with van der Waals surface area (Å²) in [4.78, 5) is 0.958. The van der Waals surface area contributed by atoms with Crippen molar-refractivity contribution in [3.63, 3.8) is 0 Å². The minimum Gasteiger partial charge on any atom is -0.354 e. The van der Waals surface area contributed by atoms with Crippen LogP contribution in [0.5, 0.6) is 0 Å². The lowest BCUT2D eigenvalue weighted by molar-refractivity contribution is -0.0694. The molecule has 2 nitrogen and oxygen atoms in total. The van der Waals surface area contributed by atoms with Crippen LogP contribution in [0, 0.1) is 5.41 Å². The van der Waals surface area contributed by atoms with Gasteiger partial charge in [0.2, 0.25) is 5.84 Å². The molecule has 0 aromatic rings. The van der Waals surface area contributed by atoms with Crippen molar-refractivity contribution in [1.29, 1.82) is 5.41 Å². The first-order valence-corrected chi connectivity index (χ1v) is 3.34. The Morgan fingerprint density at radius 3 is 1.67 bits per heavy atom. The zero-order chi connectivity index (χ0) is 9.07. The fourth-order valence-corrected chi connectivity index (χ4v) is 0.719. The number of hydrogen-bond donors (Lipinski definition) is 1. The van der Waals surface area contributed by atoms with Crippen molar-refractivity contribution in [2.45, 2.75) is 20.0 Å². The average molecular weight is 205 g/mol. The fourth-order valence-electron chi connectivity index (χ4n) is 0.719. The van der Waals surface area contributed by atoms with E-state index in [4.69, 9.17) is 5.41 Å². The van der Waals surface area contributed by atoms with Crippen molar-refractivity contribution in [2.24, 2.45) is 0 Å². The van der Waals surface area contributed by atoms with E-state index in [1.54, 1.807) is 13.8 Å². The lowest BCUT2D eigenvalue weighted by Gasteiger charge is -2.22. The van der Waals surface area contributed by atoms with Crippen LogP contribution < -0.4 is 0 Å². The lowest BCUT2D eigenvalue weighted by atomic mass is 10.4. The van der Waals surface area contributed by atoms with Gasteiger partial charge in [0.05, 0.1) is 0 Å². The Bertz CT molecular complexity index is 142. The van der Waals surface area contributed by atoms with E-state index < -0.39 is 12.0 Å². The third kappa shape index (κ3) is 3.80. The monoisotopic (exact) mass is 204 g/mol. The third-order valence-corrected chi connectivity index (χ3v) is 1.35. The number of nitrogens with one attached hydrogen (secondary N) is 1. The predicted molar refractivity (Wildman–Crippen MR) is 44.0 cm³/mol. The summed E-state index contributed by atoms with van der Waals surface area (Å²) in [5.41, 5.74) is 0. The molecule has 0 aromatic carbocycles. The van der Waals surface area contributed by atoms with Crippen LogP contribution in [0.1, 0.15) is 13.8 Å². The molecule has 6 heteroatoms. The van der Waals surface area contributed by atoms with E-state index in [2.05, 4.69) is 0 Å². The van der Waals surface area contributed by atoms with Gasteiger partial charge in [-0.1, -0.05) is 0 Å². The minimum absolute atomic E-state index is 0. The number of amidine groups is 1. The van der Waals surface area contributed by atoms with E-state index in [1.807, 2.05) is 0 Å². The van der Waals surface area contributed by atoms with Gasteiger partial charge in [-0.25, -0.2) is 0 Å². The van der Waals surface area contributed by atoms with Crippen LogP contribution in [0.15, 0.2) is 0 Å². The molecule has 0 aliphatic heterocycles. The smallest absolute Gasteiger partial charge is 0.354 e. The molecule has 0 rings (SSSR count). The molecule has 74 valence electrons. The molecule has 12 heavy (non-hydrogen) atoms. The van der Waals surface area contributed by atoms with Gasteiger partial charge in [-0.05, 0) is 13.8 Å². The summed E-state index contributed by atoms with van der Waals surface area (Å²) in [5.74, 6) is -1.26. The van der Waals surface area contributed by atoms with E-state index in [0.717, 1.165) is 4.90 Å². The Morgan fingerprint density at radius 2 is 1.58 bits per heavy atom. The molecule has 0 amide bonds. The largest absolute Gasteiger partial charge is 0.448 e. The minimum atomic E-state index is -4.51. The summed E-state index contributed by atoms with van der Waals surface area (Å²) in [7, 11) is 0. The van der Waals surface area contributed by atoms with Crippen molar-refractivity contribution in [1.82, 2.24) is 4.90 Å². The van der Waals surface area contributed by atoms with E-state index in [1.165, 1.54) is 0 Å². The van der Waals surface area contributed by atoms with E-state index in [9.17, 15) is 13.2 Å². The van der Waals surface area contributed by atoms with Gasteiger partial charge in [-0.2, -0.15) is 13.2 Å². The van der Waals surface area contributed by atoms with Crippen LogP contribution >= 0.6 is 12.4 Å². The van der Waals surface area contributed by atoms with Gasteiger partial charge in [0.15, 0.2) is 0 Å². The molecule has 0 unspecified atom stereocenters. The van der Waals surface area contributed by atoms with Crippen molar-refractivity contribution < 1.29 is 13.2 Å². The number of nitrogens with zero attached hydrogens (tertiary/aromatic N) is 1. The van der Waals surface area contributed by atoms with Crippen LogP contribution in [0.2, 0.25) is 0 Å². The quantitative estimate of drug-likeness (QED) is 0.542. The number of rotatable bonds is 2. The van der Waals surface area contributed by atoms with Crippen molar-refractivity contribution >= 4 is 18.2 Å². The van der Waals surface area contributed by atoms with Crippen LogP contribution in [0.3, 0.4) is 0 Å². The van der Waals surface area contributed by atoms with Crippen LogP contribution in [-0.2, 0) is 0 Å². The van der Waals surface area contributed by atoms with Gasteiger partial charge in [0, 0.05) is 13.1 Å². The van der Waals surface area contributed by atoms with Crippen LogP contribution in [0.25, 0.3) is 0 Å².